The molecule has 1 unspecified atom stereocenters. The third-order valence-electron chi connectivity index (χ3n) is 5.93. The van der Waals surface area contributed by atoms with E-state index in [-0.39, 0.29) is 30.2 Å². The van der Waals surface area contributed by atoms with Crippen molar-refractivity contribution in [3.63, 3.8) is 0 Å². The third kappa shape index (κ3) is 3.84. The summed E-state index contributed by atoms with van der Waals surface area (Å²) in [6.45, 7) is 4.32. The van der Waals surface area contributed by atoms with E-state index in [9.17, 15) is 14.4 Å². The maximum atomic E-state index is 12.8. The first-order chi connectivity index (χ1) is 15.4. The molecule has 0 fully saturated rings. The van der Waals surface area contributed by atoms with Crippen LogP contribution in [0, 0.1) is 5.92 Å². The second kappa shape index (κ2) is 8.83. The van der Waals surface area contributed by atoms with Crippen molar-refractivity contribution in [2.75, 3.05) is 13.7 Å². The van der Waals surface area contributed by atoms with E-state index in [0.29, 0.717) is 28.8 Å². The molecule has 1 atom stereocenters. The molecule has 2 aliphatic heterocycles. The largest absolute Gasteiger partial charge is 0.466 e. The second-order valence-electron chi connectivity index (χ2n) is 8.23. The molecule has 6 heteroatoms. The number of ether oxygens (including phenoxy) is 1. The van der Waals surface area contributed by atoms with E-state index < -0.39 is 5.97 Å². The van der Waals surface area contributed by atoms with Crippen LogP contribution in [0.5, 0.6) is 0 Å². The number of imide groups is 1. The minimum Gasteiger partial charge on any atom is -0.466 e. The Kier molecular flexibility index (Phi) is 5.95. The molecule has 4 rings (SSSR count). The van der Waals surface area contributed by atoms with Crippen LogP contribution in [0.25, 0.3) is 0 Å². The average molecular weight is 431 g/mol. The number of allylic oxidation sites excluding steroid dienone is 2. The third-order valence-corrected chi connectivity index (χ3v) is 5.93. The Labute approximate surface area is 187 Å². The van der Waals surface area contributed by atoms with Crippen LogP contribution >= 0.6 is 0 Å². The van der Waals surface area contributed by atoms with Gasteiger partial charge < -0.3 is 10.1 Å². The van der Waals surface area contributed by atoms with E-state index in [1.165, 1.54) is 12.0 Å². The monoisotopic (exact) mass is 430 g/mol. The molecule has 32 heavy (non-hydrogen) atoms. The number of esters is 1. The number of amides is 2. The summed E-state index contributed by atoms with van der Waals surface area (Å²) in [5.74, 6) is -1.11. The molecular formula is C26H26N2O4. The van der Waals surface area contributed by atoms with Crippen LogP contribution in [-0.2, 0) is 9.53 Å². The molecule has 164 valence electrons. The number of dihydropyridines is 1. The summed E-state index contributed by atoms with van der Waals surface area (Å²) in [5, 5.41) is 3.38. The SMILES string of the molecule is COC(=O)C1=C(CCN2C(=O)c3ccccc3C2=O)NC(C(C)C)=CC1c1ccccc1. The van der Waals surface area contributed by atoms with E-state index in [0.717, 1.165) is 11.3 Å². The van der Waals surface area contributed by atoms with Gasteiger partial charge in [0.1, 0.15) is 0 Å². The van der Waals surface area contributed by atoms with Crippen LogP contribution < -0.4 is 5.32 Å². The molecule has 0 saturated heterocycles. The zero-order chi connectivity index (χ0) is 22.8. The minimum absolute atomic E-state index is 0.169. The molecule has 2 aromatic carbocycles. The van der Waals surface area contributed by atoms with Crippen LogP contribution in [0.1, 0.15) is 52.5 Å². The zero-order valence-electron chi connectivity index (χ0n) is 18.4. The average Bonchev–Trinajstić information content (AvgIpc) is 3.06. The summed E-state index contributed by atoms with van der Waals surface area (Å²) < 4.78 is 5.12. The predicted molar refractivity (Wildman–Crippen MR) is 121 cm³/mol. The van der Waals surface area contributed by atoms with Gasteiger partial charge in [0.05, 0.1) is 23.8 Å². The summed E-state index contributed by atoms with van der Waals surface area (Å²) in [7, 11) is 1.36. The van der Waals surface area contributed by atoms with Gasteiger partial charge in [0, 0.05) is 30.3 Å². The van der Waals surface area contributed by atoms with Gasteiger partial charge in [0.2, 0.25) is 0 Å². The van der Waals surface area contributed by atoms with Crippen LogP contribution in [-0.4, -0.2) is 36.3 Å². The topological polar surface area (TPSA) is 75.7 Å². The standard InChI is InChI=1S/C26H26N2O4/c1-16(2)22-15-20(17-9-5-4-6-10-17)23(26(31)32-3)21(27-22)13-14-28-24(29)18-11-7-8-12-19(18)25(28)30/h4-12,15-16,20,27H,13-14H2,1-3H3. The Morgan fingerprint density at radius 1 is 1.00 bits per heavy atom. The number of fused-ring (bicyclic) bond motifs is 1. The van der Waals surface area contributed by atoms with Crippen molar-refractivity contribution in [3.8, 4) is 0 Å². The molecule has 0 spiro atoms. The highest BCUT2D eigenvalue weighted by atomic mass is 16.5. The summed E-state index contributed by atoms with van der Waals surface area (Å²) in [5.41, 5.74) is 3.98. The van der Waals surface area contributed by atoms with Gasteiger partial charge >= 0.3 is 5.97 Å². The van der Waals surface area contributed by atoms with E-state index in [4.69, 9.17) is 4.74 Å². The van der Waals surface area contributed by atoms with E-state index >= 15 is 0 Å². The van der Waals surface area contributed by atoms with Gasteiger partial charge in [-0.05, 0) is 23.6 Å². The molecule has 0 aliphatic carbocycles. The van der Waals surface area contributed by atoms with Gasteiger partial charge in [0.25, 0.3) is 11.8 Å². The van der Waals surface area contributed by atoms with Crippen LogP contribution in [0.4, 0.5) is 0 Å². The van der Waals surface area contributed by atoms with Crippen LogP contribution in [0.15, 0.2) is 77.6 Å². The Morgan fingerprint density at radius 3 is 2.16 bits per heavy atom. The molecule has 1 N–H and O–H groups in total. The van der Waals surface area contributed by atoms with Gasteiger partial charge in [0.15, 0.2) is 0 Å². The number of methoxy groups -OCH3 is 1. The zero-order valence-corrected chi connectivity index (χ0v) is 18.4. The molecular weight excluding hydrogens is 404 g/mol. The molecule has 2 aromatic rings. The van der Waals surface area contributed by atoms with Crippen molar-refractivity contribution < 1.29 is 19.1 Å². The molecule has 2 aliphatic rings. The number of nitrogens with one attached hydrogen (secondary N) is 1. The molecule has 2 amide bonds. The lowest BCUT2D eigenvalue weighted by molar-refractivity contribution is -0.136. The number of hydrogen-bond acceptors (Lipinski definition) is 5. The first-order valence-electron chi connectivity index (χ1n) is 10.7. The normalized spacial score (nSPS) is 17.9. The van der Waals surface area contributed by atoms with Crippen LogP contribution in [0.2, 0.25) is 0 Å². The molecule has 0 aromatic heterocycles. The molecule has 0 bridgehead atoms. The highest BCUT2D eigenvalue weighted by Crippen LogP contribution is 2.36. The summed E-state index contributed by atoms with van der Waals surface area (Å²) in [4.78, 5) is 39.6. The lowest BCUT2D eigenvalue weighted by Crippen LogP contribution is -2.34. The lowest BCUT2D eigenvalue weighted by Gasteiger charge is -2.30. The highest BCUT2D eigenvalue weighted by Gasteiger charge is 2.36. The second-order valence-corrected chi connectivity index (χ2v) is 8.23. The molecule has 0 radical (unpaired) electrons. The van der Waals surface area contributed by atoms with E-state index in [1.54, 1.807) is 24.3 Å². The number of nitrogens with zero attached hydrogens (tertiary/aromatic N) is 1. The van der Waals surface area contributed by atoms with Crippen molar-refractivity contribution in [3.05, 3.63) is 94.3 Å². The van der Waals surface area contributed by atoms with E-state index in [1.807, 2.05) is 30.3 Å². The number of hydrogen-bond donors (Lipinski definition) is 1. The maximum absolute atomic E-state index is 12.8. The van der Waals surface area contributed by atoms with Crippen LogP contribution in [0.3, 0.4) is 0 Å². The van der Waals surface area contributed by atoms with Gasteiger partial charge in [-0.3, -0.25) is 14.5 Å². The molecule has 2 heterocycles. The first-order valence-corrected chi connectivity index (χ1v) is 10.7. The fourth-order valence-corrected chi connectivity index (χ4v) is 4.22. The Bertz CT molecular complexity index is 1100. The lowest BCUT2D eigenvalue weighted by atomic mass is 9.84. The maximum Gasteiger partial charge on any atom is 0.336 e. The van der Waals surface area contributed by atoms with Crippen molar-refractivity contribution in [1.82, 2.24) is 10.2 Å². The van der Waals surface area contributed by atoms with Gasteiger partial charge in [-0.1, -0.05) is 62.4 Å². The quantitative estimate of drug-likeness (QED) is 0.553. The van der Waals surface area contributed by atoms with E-state index in [2.05, 4.69) is 25.2 Å². The highest BCUT2D eigenvalue weighted by molar-refractivity contribution is 6.21. The Balaban J connectivity index is 1.68. The smallest absolute Gasteiger partial charge is 0.336 e. The van der Waals surface area contributed by atoms with Gasteiger partial charge in [-0.25, -0.2) is 4.79 Å². The van der Waals surface area contributed by atoms with Crippen molar-refractivity contribution in [1.29, 1.82) is 0 Å². The Morgan fingerprint density at radius 2 is 1.59 bits per heavy atom. The fourth-order valence-electron chi connectivity index (χ4n) is 4.22. The summed E-state index contributed by atoms with van der Waals surface area (Å²) in [6, 6.07) is 16.6. The molecule has 0 saturated carbocycles. The molecule has 6 nitrogen and oxygen atoms in total. The van der Waals surface area contributed by atoms with Gasteiger partial charge in [-0.15, -0.1) is 0 Å². The predicted octanol–water partition coefficient (Wildman–Crippen LogP) is 4.03. The van der Waals surface area contributed by atoms with Crippen molar-refractivity contribution >= 4 is 17.8 Å². The van der Waals surface area contributed by atoms with Gasteiger partial charge in [-0.2, -0.15) is 0 Å². The number of benzene rings is 2. The minimum atomic E-state index is -0.428. The summed E-state index contributed by atoms with van der Waals surface area (Å²) in [6.07, 6.45) is 2.38. The Hall–Kier alpha value is -3.67. The first kappa shape index (κ1) is 21.6. The number of carbonyl (C=O) groups excluding carboxylic acids is 3. The van der Waals surface area contributed by atoms with Crippen molar-refractivity contribution in [2.24, 2.45) is 5.92 Å². The number of carbonyl (C=O) groups is 3. The summed E-state index contributed by atoms with van der Waals surface area (Å²) >= 11 is 0. The number of rotatable bonds is 6. The van der Waals surface area contributed by atoms with Crippen molar-refractivity contribution in [2.45, 2.75) is 26.2 Å². The fraction of sp³-hybridized carbons (Fsp3) is 0.269.